The maximum atomic E-state index is 10.7. The summed E-state index contributed by atoms with van der Waals surface area (Å²) in [5.41, 5.74) is 0. The molecule has 0 saturated carbocycles. The standard InChI is InChI=1S/C10H10O6/c11-6-1-3-7(4-2-6)16-8(10(14)15)5-9(12)13/h1-4,8,11H,5H2,(H,12,13)(H,14,15). The van der Waals surface area contributed by atoms with Gasteiger partial charge < -0.3 is 20.1 Å². The van der Waals surface area contributed by atoms with Crippen molar-refractivity contribution in [3.63, 3.8) is 0 Å². The summed E-state index contributed by atoms with van der Waals surface area (Å²) in [6.07, 6.45) is -2.07. The average molecular weight is 226 g/mol. The van der Waals surface area contributed by atoms with Crippen LogP contribution >= 0.6 is 0 Å². The van der Waals surface area contributed by atoms with Gasteiger partial charge in [0.2, 0.25) is 6.10 Å². The van der Waals surface area contributed by atoms with Crippen molar-refractivity contribution in [3.05, 3.63) is 24.3 Å². The molecule has 0 radical (unpaired) electrons. The Morgan fingerprint density at radius 3 is 2.19 bits per heavy atom. The fourth-order valence-electron chi connectivity index (χ4n) is 1.03. The van der Waals surface area contributed by atoms with Crippen molar-refractivity contribution in [3.8, 4) is 11.5 Å². The van der Waals surface area contributed by atoms with Gasteiger partial charge in [-0.25, -0.2) is 4.79 Å². The molecule has 1 aromatic rings. The lowest BCUT2D eigenvalue weighted by Crippen LogP contribution is -2.29. The van der Waals surface area contributed by atoms with Crippen LogP contribution in [0.4, 0.5) is 0 Å². The van der Waals surface area contributed by atoms with Crippen LogP contribution in [0.3, 0.4) is 0 Å². The molecular formula is C10H10O6. The number of hydrogen-bond donors (Lipinski definition) is 3. The van der Waals surface area contributed by atoms with Crippen LogP contribution < -0.4 is 4.74 Å². The summed E-state index contributed by atoms with van der Waals surface area (Å²) in [5, 5.41) is 26.2. The van der Waals surface area contributed by atoms with Crippen molar-refractivity contribution in [1.82, 2.24) is 0 Å². The van der Waals surface area contributed by atoms with Gasteiger partial charge >= 0.3 is 11.9 Å². The minimum absolute atomic E-state index is 0.0115. The van der Waals surface area contributed by atoms with E-state index < -0.39 is 24.5 Å². The molecular weight excluding hydrogens is 216 g/mol. The maximum absolute atomic E-state index is 10.7. The van der Waals surface area contributed by atoms with Gasteiger partial charge in [-0.3, -0.25) is 4.79 Å². The molecule has 1 atom stereocenters. The number of carboxylic acids is 2. The molecule has 1 rings (SSSR count). The molecule has 6 nitrogen and oxygen atoms in total. The molecule has 0 aromatic heterocycles. The lowest BCUT2D eigenvalue weighted by atomic mass is 10.2. The molecule has 0 heterocycles. The van der Waals surface area contributed by atoms with Crippen molar-refractivity contribution in [2.75, 3.05) is 0 Å². The Kier molecular flexibility index (Phi) is 3.71. The number of aliphatic carboxylic acids is 2. The monoisotopic (exact) mass is 226 g/mol. The van der Waals surface area contributed by atoms with E-state index in [0.29, 0.717) is 0 Å². The van der Waals surface area contributed by atoms with E-state index in [9.17, 15) is 9.59 Å². The molecule has 0 aliphatic carbocycles. The summed E-state index contributed by atoms with van der Waals surface area (Å²) in [7, 11) is 0. The molecule has 6 heteroatoms. The summed E-state index contributed by atoms with van der Waals surface area (Å²) in [6.45, 7) is 0. The summed E-state index contributed by atoms with van der Waals surface area (Å²) in [4.78, 5) is 21.0. The third-order valence-electron chi connectivity index (χ3n) is 1.75. The first-order chi connectivity index (χ1) is 7.49. The first-order valence-electron chi connectivity index (χ1n) is 4.39. The number of benzene rings is 1. The fourth-order valence-corrected chi connectivity index (χ4v) is 1.03. The van der Waals surface area contributed by atoms with Gasteiger partial charge in [-0.2, -0.15) is 0 Å². The van der Waals surface area contributed by atoms with Gasteiger partial charge in [0.1, 0.15) is 11.5 Å². The molecule has 0 spiro atoms. The van der Waals surface area contributed by atoms with Crippen LogP contribution in [0, 0.1) is 0 Å². The van der Waals surface area contributed by atoms with Gasteiger partial charge in [-0.15, -0.1) is 0 Å². The maximum Gasteiger partial charge on any atom is 0.345 e. The van der Waals surface area contributed by atoms with Crippen LogP contribution in [0.15, 0.2) is 24.3 Å². The topological polar surface area (TPSA) is 104 Å². The summed E-state index contributed by atoms with van der Waals surface area (Å²) >= 11 is 0. The smallest absolute Gasteiger partial charge is 0.345 e. The van der Waals surface area contributed by atoms with E-state index in [0.717, 1.165) is 0 Å². The first-order valence-corrected chi connectivity index (χ1v) is 4.39. The van der Waals surface area contributed by atoms with E-state index in [1.807, 2.05) is 0 Å². The molecule has 1 unspecified atom stereocenters. The Morgan fingerprint density at radius 1 is 1.19 bits per heavy atom. The Bertz CT molecular complexity index is 383. The Balaban J connectivity index is 2.71. The first kappa shape index (κ1) is 11.8. The van der Waals surface area contributed by atoms with Crippen molar-refractivity contribution in [2.45, 2.75) is 12.5 Å². The Labute approximate surface area is 90.7 Å². The van der Waals surface area contributed by atoms with Crippen molar-refractivity contribution >= 4 is 11.9 Å². The van der Waals surface area contributed by atoms with E-state index >= 15 is 0 Å². The quantitative estimate of drug-likeness (QED) is 0.682. The minimum Gasteiger partial charge on any atom is -0.508 e. The highest BCUT2D eigenvalue weighted by Crippen LogP contribution is 2.18. The lowest BCUT2D eigenvalue weighted by molar-refractivity contribution is -0.151. The van der Waals surface area contributed by atoms with Crippen molar-refractivity contribution in [2.24, 2.45) is 0 Å². The predicted molar refractivity (Wildman–Crippen MR) is 52.4 cm³/mol. The zero-order valence-corrected chi connectivity index (χ0v) is 8.16. The van der Waals surface area contributed by atoms with Crippen molar-refractivity contribution < 1.29 is 29.6 Å². The molecule has 0 amide bonds. The zero-order chi connectivity index (χ0) is 12.1. The Hall–Kier alpha value is -2.24. The van der Waals surface area contributed by atoms with E-state index in [2.05, 4.69) is 0 Å². The molecule has 16 heavy (non-hydrogen) atoms. The fraction of sp³-hybridized carbons (Fsp3) is 0.200. The van der Waals surface area contributed by atoms with E-state index in [1.165, 1.54) is 24.3 Å². The molecule has 1 aromatic carbocycles. The summed E-state index contributed by atoms with van der Waals surface area (Å²) in [6, 6.07) is 5.34. The number of carboxylic acid groups (broad SMARTS) is 2. The van der Waals surface area contributed by atoms with Crippen LogP contribution in [0.5, 0.6) is 11.5 Å². The second-order valence-corrected chi connectivity index (χ2v) is 3.04. The number of ether oxygens (including phenoxy) is 1. The second-order valence-electron chi connectivity index (χ2n) is 3.04. The molecule has 0 saturated heterocycles. The third kappa shape index (κ3) is 3.49. The summed E-state index contributed by atoms with van der Waals surface area (Å²) in [5.74, 6) is -2.41. The number of rotatable bonds is 5. The summed E-state index contributed by atoms with van der Waals surface area (Å²) < 4.78 is 4.95. The number of hydrogen-bond acceptors (Lipinski definition) is 4. The van der Waals surface area contributed by atoms with Crippen LogP contribution in [-0.4, -0.2) is 33.4 Å². The van der Waals surface area contributed by atoms with Crippen LogP contribution in [0.1, 0.15) is 6.42 Å². The highest BCUT2D eigenvalue weighted by molar-refractivity contribution is 5.79. The molecule has 0 aliphatic heterocycles. The number of phenols is 1. The lowest BCUT2D eigenvalue weighted by Gasteiger charge is -2.12. The van der Waals surface area contributed by atoms with Gasteiger partial charge in [0.05, 0.1) is 6.42 Å². The van der Waals surface area contributed by atoms with E-state index in [1.54, 1.807) is 0 Å². The molecule has 0 fully saturated rings. The third-order valence-corrected chi connectivity index (χ3v) is 1.75. The average Bonchev–Trinajstić information content (AvgIpc) is 2.19. The Morgan fingerprint density at radius 2 is 1.75 bits per heavy atom. The highest BCUT2D eigenvalue weighted by atomic mass is 16.5. The predicted octanol–water partition coefficient (Wildman–Crippen LogP) is 0.699. The molecule has 86 valence electrons. The van der Waals surface area contributed by atoms with Crippen LogP contribution in [0.2, 0.25) is 0 Å². The van der Waals surface area contributed by atoms with Crippen molar-refractivity contribution in [1.29, 1.82) is 0 Å². The molecule has 0 aliphatic rings. The van der Waals surface area contributed by atoms with E-state index in [-0.39, 0.29) is 11.5 Å². The van der Waals surface area contributed by atoms with Gasteiger partial charge in [0.25, 0.3) is 0 Å². The van der Waals surface area contributed by atoms with Gasteiger partial charge in [-0.05, 0) is 24.3 Å². The molecule has 3 N–H and O–H groups in total. The van der Waals surface area contributed by atoms with Gasteiger partial charge in [0, 0.05) is 0 Å². The second kappa shape index (κ2) is 5.01. The largest absolute Gasteiger partial charge is 0.508 e. The van der Waals surface area contributed by atoms with Gasteiger partial charge in [-0.1, -0.05) is 0 Å². The normalized spacial score (nSPS) is 11.8. The minimum atomic E-state index is -1.44. The van der Waals surface area contributed by atoms with Gasteiger partial charge in [0.15, 0.2) is 0 Å². The van der Waals surface area contributed by atoms with Crippen LogP contribution in [-0.2, 0) is 9.59 Å². The SMILES string of the molecule is O=C(O)CC(Oc1ccc(O)cc1)C(=O)O. The number of phenolic OH excluding ortho intramolecular Hbond substituents is 1. The molecule has 0 bridgehead atoms. The zero-order valence-electron chi connectivity index (χ0n) is 8.16. The number of aromatic hydroxyl groups is 1. The highest BCUT2D eigenvalue weighted by Gasteiger charge is 2.22. The van der Waals surface area contributed by atoms with Crippen LogP contribution in [0.25, 0.3) is 0 Å². The van der Waals surface area contributed by atoms with E-state index in [4.69, 9.17) is 20.1 Å². The number of carbonyl (C=O) groups is 2.